The second-order valence-electron chi connectivity index (χ2n) is 3.45. The first-order valence-electron chi connectivity index (χ1n) is 4.63. The van der Waals surface area contributed by atoms with Crippen LogP contribution in [0.3, 0.4) is 0 Å². The smallest absolute Gasteiger partial charge is 0.147 e. The highest BCUT2D eigenvalue weighted by Gasteiger charge is 2.11. The van der Waals surface area contributed by atoms with Crippen molar-refractivity contribution in [1.82, 2.24) is 4.98 Å². The van der Waals surface area contributed by atoms with Crippen LogP contribution < -0.4 is 4.90 Å². The van der Waals surface area contributed by atoms with Crippen LogP contribution in [-0.4, -0.2) is 18.6 Å². The number of aromatic nitrogens is 1. The lowest BCUT2D eigenvalue weighted by Gasteiger charge is -2.17. The number of anilines is 1. The summed E-state index contributed by atoms with van der Waals surface area (Å²) >= 11 is 0. The van der Waals surface area contributed by atoms with Gasteiger partial charge >= 0.3 is 0 Å². The number of aryl methyl sites for hydroxylation is 2. The van der Waals surface area contributed by atoms with Crippen LogP contribution in [0.1, 0.15) is 16.8 Å². The first kappa shape index (κ1) is 11.1. The molecule has 1 aromatic rings. The first-order chi connectivity index (χ1) is 7.10. The van der Waals surface area contributed by atoms with E-state index in [1.54, 1.807) is 4.90 Å². The minimum atomic E-state index is 0.449. The van der Waals surface area contributed by atoms with Crippen molar-refractivity contribution in [3.8, 4) is 18.4 Å². The SMILES string of the molecule is C#CCN(C)c1nc(C)cc(C)c1C#N. The van der Waals surface area contributed by atoms with Gasteiger partial charge in [-0.15, -0.1) is 6.42 Å². The number of rotatable bonds is 2. The predicted molar refractivity (Wildman–Crippen MR) is 60.5 cm³/mol. The third-order valence-electron chi connectivity index (χ3n) is 2.13. The molecule has 0 radical (unpaired) electrons. The molecule has 0 aliphatic heterocycles. The van der Waals surface area contributed by atoms with E-state index < -0.39 is 0 Å². The van der Waals surface area contributed by atoms with Crippen LogP contribution in [0.5, 0.6) is 0 Å². The van der Waals surface area contributed by atoms with E-state index in [9.17, 15) is 0 Å². The summed E-state index contributed by atoms with van der Waals surface area (Å²) in [5.74, 6) is 3.19. The summed E-state index contributed by atoms with van der Waals surface area (Å²) in [5, 5.41) is 9.04. The zero-order valence-electron chi connectivity index (χ0n) is 9.20. The van der Waals surface area contributed by atoms with Crippen LogP contribution in [0, 0.1) is 37.5 Å². The predicted octanol–water partition coefficient (Wildman–Crippen LogP) is 1.64. The molecule has 0 aromatic carbocycles. The van der Waals surface area contributed by atoms with Crippen LogP contribution in [-0.2, 0) is 0 Å². The van der Waals surface area contributed by atoms with Gasteiger partial charge in [-0.2, -0.15) is 5.26 Å². The minimum Gasteiger partial charge on any atom is -0.347 e. The molecule has 0 fully saturated rings. The first-order valence-corrected chi connectivity index (χ1v) is 4.63. The highest BCUT2D eigenvalue weighted by atomic mass is 15.2. The molecule has 0 N–H and O–H groups in total. The van der Waals surface area contributed by atoms with Gasteiger partial charge in [-0.05, 0) is 25.5 Å². The molecule has 1 aromatic heterocycles. The highest BCUT2D eigenvalue weighted by Crippen LogP contribution is 2.20. The van der Waals surface area contributed by atoms with Gasteiger partial charge in [0.05, 0.1) is 12.1 Å². The fraction of sp³-hybridized carbons (Fsp3) is 0.333. The van der Waals surface area contributed by atoms with Crippen LogP contribution >= 0.6 is 0 Å². The van der Waals surface area contributed by atoms with Gasteiger partial charge in [0, 0.05) is 12.7 Å². The molecule has 3 nitrogen and oxygen atoms in total. The lowest BCUT2D eigenvalue weighted by molar-refractivity contribution is 0.981. The summed E-state index contributed by atoms with van der Waals surface area (Å²) < 4.78 is 0. The molecule has 0 spiro atoms. The summed E-state index contributed by atoms with van der Waals surface area (Å²) in [4.78, 5) is 6.14. The molecule has 1 rings (SSSR count). The van der Waals surface area contributed by atoms with Gasteiger partial charge in [-0.3, -0.25) is 0 Å². The Labute approximate surface area is 90.4 Å². The van der Waals surface area contributed by atoms with Crippen molar-refractivity contribution < 1.29 is 0 Å². The molecule has 3 heteroatoms. The average molecular weight is 199 g/mol. The van der Waals surface area contributed by atoms with Gasteiger partial charge in [-0.25, -0.2) is 4.98 Å². The second-order valence-corrected chi connectivity index (χ2v) is 3.45. The van der Waals surface area contributed by atoms with E-state index in [0.29, 0.717) is 17.9 Å². The summed E-state index contributed by atoms with van der Waals surface area (Å²) in [5.41, 5.74) is 2.42. The Morgan fingerprint density at radius 2 is 2.20 bits per heavy atom. The third-order valence-corrected chi connectivity index (χ3v) is 2.13. The molecular weight excluding hydrogens is 186 g/mol. The normalized spacial score (nSPS) is 9.13. The van der Waals surface area contributed by atoms with Gasteiger partial charge in [0.1, 0.15) is 11.9 Å². The maximum absolute atomic E-state index is 9.04. The number of hydrogen-bond donors (Lipinski definition) is 0. The van der Waals surface area contributed by atoms with Crippen molar-refractivity contribution in [2.75, 3.05) is 18.5 Å². The van der Waals surface area contributed by atoms with Gasteiger partial charge in [-0.1, -0.05) is 5.92 Å². The molecule has 0 saturated carbocycles. The topological polar surface area (TPSA) is 39.9 Å². The molecule has 0 unspecified atom stereocenters. The summed E-state index contributed by atoms with van der Waals surface area (Å²) in [6.45, 7) is 4.26. The molecule has 0 aliphatic carbocycles. The molecule has 76 valence electrons. The summed E-state index contributed by atoms with van der Waals surface area (Å²) in [6, 6.07) is 4.05. The van der Waals surface area contributed by atoms with E-state index in [1.165, 1.54) is 0 Å². The maximum atomic E-state index is 9.04. The Hall–Kier alpha value is -2.00. The number of nitrogens with zero attached hydrogens (tertiary/aromatic N) is 3. The quantitative estimate of drug-likeness (QED) is 0.680. The van der Waals surface area contributed by atoms with Gasteiger partial charge in [0.2, 0.25) is 0 Å². The Bertz CT molecular complexity index is 449. The zero-order chi connectivity index (χ0) is 11.4. The van der Waals surface area contributed by atoms with Gasteiger partial charge < -0.3 is 4.90 Å². The molecule has 0 amide bonds. The fourth-order valence-electron chi connectivity index (χ4n) is 1.44. The Morgan fingerprint density at radius 3 is 2.73 bits per heavy atom. The number of nitriles is 1. The summed E-state index contributed by atoms with van der Waals surface area (Å²) in [6.07, 6.45) is 5.23. The second kappa shape index (κ2) is 4.48. The average Bonchev–Trinajstić information content (AvgIpc) is 2.17. The van der Waals surface area contributed by atoms with E-state index >= 15 is 0 Å². The zero-order valence-corrected chi connectivity index (χ0v) is 9.20. The molecular formula is C12H13N3. The van der Waals surface area contributed by atoms with Crippen molar-refractivity contribution in [1.29, 1.82) is 5.26 Å². The fourth-order valence-corrected chi connectivity index (χ4v) is 1.44. The van der Waals surface area contributed by atoms with Crippen molar-refractivity contribution >= 4 is 5.82 Å². The lowest BCUT2D eigenvalue weighted by Crippen LogP contribution is -2.20. The van der Waals surface area contributed by atoms with Crippen molar-refractivity contribution in [2.24, 2.45) is 0 Å². The Balaban J connectivity index is 3.29. The van der Waals surface area contributed by atoms with Crippen molar-refractivity contribution in [3.05, 3.63) is 22.9 Å². The van der Waals surface area contributed by atoms with Crippen LogP contribution in [0.25, 0.3) is 0 Å². The lowest BCUT2D eigenvalue weighted by atomic mass is 10.1. The van der Waals surface area contributed by atoms with Crippen molar-refractivity contribution in [2.45, 2.75) is 13.8 Å². The number of pyridine rings is 1. The minimum absolute atomic E-state index is 0.449. The number of terminal acetylenes is 1. The van der Waals surface area contributed by atoms with E-state index in [2.05, 4.69) is 17.0 Å². The summed E-state index contributed by atoms with van der Waals surface area (Å²) in [7, 11) is 1.84. The molecule has 1 heterocycles. The maximum Gasteiger partial charge on any atom is 0.147 e. The third kappa shape index (κ3) is 2.27. The van der Waals surface area contributed by atoms with E-state index in [0.717, 1.165) is 11.3 Å². The van der Waals surface area contributed by atoms with E-state index in [-0.39, 0.29) is 0 Å². The van der Waals surface area contributed by atoms with E-state index in [1.807, 2.05) is 27.0 Å². The van der Waals surface area contributed by atoms with Gasteiger partial charge in [0.15, 0.2) is 0 Å². The van der Waals surface area contributed by atoms with Crippen molar-refractivity contribution in [3.63, 3.8) is 0 Å². The van der Waals surface area contributed by atoms with Crippen LogP contribution in [0.15, 0.2) is 6.07 Å². The monoisotopic (exact) mass is 199 g/mol. The standard InChI is InChI=1S/C12H13N3/c1-5-6-15(4)12-11(8-13)9(2)7-10(3)14-12/h1,7H,6H2,2-4H3. The molecule has 0 saturated heterocycles. The Kier molecular flexibility index (Phi) is 3.31. The van der Waals surface area contributed by atoms with E-state index in [4.69, 9.17) is 11.7 Å². The molecule has 0 bridgehead atoms. The van der Waals surface area contributed by atoms with Crippen LogP contribution in [0.2, 0.25) is 0 Å². The largest absolute Gasteiger partial charge is 0.347 e. The van der Waals surface area contributed by atoms with Gasteiger partial charge in [0.25, 0.3) is 0 Å². The highest BCUT2D eigenvalue weighted by molar-refractivity contribution is 5.58. The molecule has 15 heavy (non-hydrogen) atoms. The molecule has 0 aliphatic rings. The molecule has 0 atom stereocenters. The van der Waals surface area contributed by atoms with Crippen LogP contribution in [0.4, 0.5) is 5.82 Å². The number of hydrogen-bond acceptors (Lipinski definition) is 3. The Morgan fingerprint density at radius 1 is 1.53 bits per heavy atom.